The fourth-order valence-electron chi connectivity index (χ4n) is 3.45. The first-order valence-electron chi connectivity index (χ1n) is 11.6. The molecule has 9 nitrogen and oxygen atoms in total. The van der Waals surface area contributed by atoms with Gasteiger partial charge in [-0.2, -0.15) is 13.2 Å². The van der Waals surface area contributed by atoms with Crippen LogP contribution in [0.2, 0.25) is 0 Å². The maximum absolute atomic E-state index is 12.8. The largest absolute Gasteiger partial charge is 0.495 e. The summed E-state index contributed by atoms with van der Waals surface area (Å²) in [5.41, 5.74) is 0.455. The number of ether oxygens (including phenoxy) is 2. The van der Waals surface area contributed by atoms with Gasteiger partial charge >= 0.3 is 12.3 Å². The Morgan fingerprint density at radius 2 is 1.75 bits per heavy atom. The summed E-state index contributed by atoms with van der Waals surface area (Å²) in [4.78, 5) is 37.6. The zero-order chi connectivity index (χ0) is 27.1. The lowest BCUT2D eigenvalue weighted by Crippen LogP contribution is -2.47. The van der Waals surface area contributed by atoms with E-state index >= 15 is 0 Å². The van der Waals surface area contributed by atoms with Gasteiger partial charge in [0.15, 0.2) is 0 Å². The Labute approximate surface area is 208 Å². The standard InChI is InChI=1S/C22H26F3N5O4.C2H6/c1-21(2,3)34-20(32)30-7-5-6-16(30)18(31)27-9-13-8-15(26-12-17(13)33-4)14-10-28-19(29-11-14)22(23,24)25;1-2/h8,10-12,16H,5-7,9H2,1-4H3,(H,27,31);1-2H3. The zero-order valence-corrected chi connectivity index (χ0v) is 21.3. The molecule has 2 amide bonds. The molecule has 0 aromatic carbocycles. The van der Waals surface area contributed by atoms with Gasteiger partial charge in [0.2, 0.25) is 11.7 Å². The predicted octanol–water partition coefficient (Wildman–Crippen LogP) is 4.61. The SMILES string of the molecule is CC.COc1cnc(-c2cnc(C(F)(F)F)nc2)cc1CNC(=O)C1CCCN1C(=O)OC(C)(C)C. The van der Waals surface area contributed by atoms with Gasteiger partial charge in [-0.25, -0.2) is 14.8 Å². The molecule has 2 aromatic rings. The van der Waals surface area contributed by atoms with Crippen LogP contribution in [0.5, 0.6) is 5.75 Å². The minimum atomic E-state index is -4.64. The average Bonchev–Trinajstić information content (AvgIpc) is 3.32. The monoisotopic (exact) mass is 511 g/mol. The number of alkyl halides is 3. The molecule has 0 radical (unpaired) electrons. The van der Waals surface area contributed by atoms with Crippen LogP contribution in [-0.4, -0.2) is 57.1 Å². The van der Waals surface area contributed by atoms with Gasteiger partial charge in [0.25, 0.3) is 0 Å². The van der Waals surface area contributed by atoms with E-state index in [0.717, 1.165) is 12.4 Å². The Hall–Kier alpha value is -3.44. The van der Waals surface area contributed by atoms with E-state index in [4.69, 9.17) is 9.47 Å². The van der Waals surface area contributed by atoms with Crippen molar-refractivity contribution in [2.45, 2.75) is 71.8 Å². The van der Waals surface area contributed by atoms with Gasteiger partial charge in [0, 0.05) is 36.6 Å². The van der Waals surface area contributed by atoms with E-state index in [1.807, 2.05) is 13.8 Å². The minimum absolute atomic E-state index is 0.0533. The van der Waals surface area contributed by atoms with Crippen LogP contribution in [-0.2, 0) is 22.3 Å². The lowest BCUT2D eigenvalue weighted by atomic mass is 10.1. The fraction of sp³-hybridized carbons (Fsp3) is 0.542. The van der Waals surface area contributed by atoms with Gasteiger partial charge in [0.05, 0.1) is 19.0 Å². The Balaban J connectivity index is 0.00000222. The van der Waals surface area contributed by atoms with Crippen molar-refractivity contribution in [3.63, 3.8) is 0 Å². The molecule has 3 heterocycles. The second-order valence-corrected chi connectivity index (χ2v) is 8.72. The highest BCUT2D eigenvalue weighted by atomic mass is 19.4. The maximum atomic E-state index is 12.8. The summed E-state index contributed by atoms with van der Waals surface area (Å²) in [5, 5.41) is 2.79. The van der Waals surface area contributed by atoms with E-state index in [9.17, 15) is 22.8 Å². The number of nitrogens with zero attached hydrogens (tertiary/aromatic N) is 4. The topological polar surface area (TPSA) is 107 Å². The number of halogens is 3. The van der Waals surface area contributed by atoms with Crippen LogP contribution in [0.1, 0.15) is 58.8 Å². The summed E-state index contributed by atoms with van der Waals surface area (Å²) in [7, 11) is 1.43. The minimum Gasteiger partial charge on any atom is -0.495 e. The number of rotatable bonds is 5. The van der Waals surface area contributed by atoms with Gasteiger partial charge in [-0.3, -0.25) is 14.7 Å². The lowest BCUT2D eigenvalue weighted by Gasteiger charge is -2.28. The summed E-state index contributed by atoms with van der Waals surface area (Å²) < 4.78 is 48.8. The third-order valence-electron chi connectivity index (χ3n) is 5.01. The van der Waals surface area contributed by atoms with Crippen molar-refractivity contribution in [3.05, 3.63) is 36.0 Å². The molecular formula is C24H32F3N5O4. The molecule has 1 saturated heterocycles. The number of hydrogen-bond acceptors (Lipinski definition) is 7. The van der Waals surface area contributed by atoms with Crippen LogP contribution in [0.4, 0.5) is 18.0 Å². The van der Waals surface area contributed by atoms with Gasteiger partial charge in [-0.1, -0.05) is 13.8 Å². The molecule has 36 heavy (non-hydrogen) atoms. The highest BCUT2D eigenvalue weighted by Gasteiger charge is 2.37. The first kappa shape index (κ1) is 28.8. The van der Waals surface area contributed by atoms with Crippen molar-refractivity contribution in [1.29, 1.82) is 0 Å². The first-order valence-corrected chi connectivity index (χ1v) is 11.6. The summed E-state index contributed by atoms with van der Waals surface area (Å²) in [6.07, 6.45) is -0.544. The third-order valence-corrected chi connectivity index (χ3v) is 5.01. The van der Waals surface area contributed by atoms with Crippen molar-refractivity contribution in [2.24, 2.45) is 0 Å². The molecule has 1 aliphatic rings. The summed E-state index contributed by atoms with van der Waals surface area (Å²) in [5.74, 6) is -1.21. The van der Waals surface area contributed by atoms with Gasteiger partial charge in [-0.15, -0.1) is 0 Å². The Bertz CT molecular complexity index is 1040. The van der Waals surface area contributed by atoms with Crippen molar-refractivity contribution < 1.29 is 32.2 Å². The summed E-state index contributed by atoms with van der Waals surface area (Å²) in [6, 6.07) is 0.913. The second kappa shape index (κ2) is 12.0. The predicted molar refractivity (Wildman–Crippen MR) is 126 cm³/mol. The normalized spacial score (nSPS) is 15.6. The number of methoxy groups -OCH3 is 1. The molecule has 1 N–H and O–H groups in total. The zero-order valence-electron chi connectivity index (χ0n) is 21.3. The number of carbonyl (C=O) groups excluding carboxylic acids is 2. The molecule has 198 valence electrons. The Kier molecular flexibility index (Phi) is 9.60. The number of likely N-dealkylation sites (tertiary alicyclic amines) is 1. The highest BCUT2D eigenvalue weighted by Crippen LogP contribution is 2.28. The quantitative estimate of drug-likeness (QED) is 0.625. The highest BCUT2D eigenvalue weighted by molar-refractivity contribution is 5.86. The van der Waals surface area contributed by atoms with Crippen LogP contribution in [0.3, 0.4) is 0 Å². The lowest BCUT2D eigenvalue weighted by molar-refractivity contribution is -0.145. The molecule has 1 aliphatic heterocycles. The molecule has 0 spiro atoms. The van der Waals surface area contributed by atoms with Gasteiger partial charge < -0.3 is 14.8 Å². The smallest absolute Gasteiger partial charge is 0.451 e. The van der Waals surface area contributed by atoms with E-state index in [0.29, 0.717) is 36.4 Å². The van der Waals surface area contributed by atoms with E-state index in [1.54, 1.807) is 26.8 Å². The van der Waals surface area contributed by atoms with E-state index in [-0.39, 0.29) is 18.0 Å². The summed E-state index contributed by atoms with van der Waals surface area (Å²) >= 11 is 0. The maximum Gasteiger partial charge on any atom is 0.451 e. The molecule has 1 atom stereocenters. The van der Waals surface area contributed by atoms with Crippen LogP contribution in [0, 0.1) is 0 Å². The molecule has 1 fully saturated rings. The molecule has 0 bridgehead atoms. The van der Waals surface area contributed by atoms with Crippen molar-refractivity contribution in [1.82, 2.24) is 25.2 Å². The number of pyridine rings is 1. The van der Waals surface area contributed by atoms with E-state index in [2.05, 4.69) is 20.3 Å². The van der Waals surface area contributed by atoms with Gasteiger partial charge in [0.1, 0.15) is 17.4 Å². The molecule has 2 aromatic heterocycles. The van der Waals surface area contributed by atoms with Crippen LogP contribution < -0.4 is 10.1 Å². The van der Waals surface area contributed by atoms with Crippen molar-refractivity contribution in [3.8, 4) is 17.0 Å². The third kappa shape index (κ3) is 7.53. The number of carbonyl (C=O) groups is 2. The average molecular weight is 512 g/mol. The van der Waals surface area contributed by atoms with E-state index in [1.165, 1.54) is 18.2 Å². The van der Waals surface area contributed by atoms with Crippen molar-refractivity contribution >= 4 is 12.0 Å². The Morgan fingerprint density at radius 1 is 1.11 bits per heavy atom. The molecular weight excluding hydrogens is 479 g/mol. The van der Waals surface area contributed by atoms with Gasteiger partial charge in [-0.05, 0) is 39.7 Å². The molecule has 12 heteroatoms. The first-order chi connectivity index (χ1) is 16.9. The summed E-state index contributed by atoms with van der Waals surface area (Å²) in [6.45, 7) is 9.74. The van der Waals surface area contributed by atoms with Crippen LogP contribution >= 0.6 is 0 Å². The Morgan fingerprint density at radius 3 is 2.31 bits per heavy atom. The number of amides is 2. The number of nitrogens with one attached hydrogen (secondary N) is 1. The van der Waals surface area contributed by atoms with Crippen LogP contribution in [0.25, 0.3) is 11.3 Å². The molecule has 3 rings (SSSR count). The van der Waals surface area contributed by atoms with E-state index < -0.39 is 29.7 Å². The van der Waals surface area contributed by atoms with Crippen molar-refractivity contribution in [2.75, 3.05) is 13.7 Å². The fourth-order valence-corrected chi connectivity index (χ4v) is 3.45. The number of aromatic nitrogens is 3. The molecule has 0 aliphatic carbocycles. The number of hydrogen-bond donors (Lipinski definition) is 1. The van der Waals surface area contributed by atoms with Crippen LogP contribution in [0.15, 0.2) is 24.7 Å². The second-order valence-electron chi connectivity index (χ2n) is 8.72. The molecule has 0 saturated carbocycles. The molecule has 1 unspecified atom stereocenters.